The molecule has 0 unspecified atom stereocenters. The van der Waals surface area contributed by atoms with Crippen LogP contribution >= 0.6 is 23.1 Å². The summed E-state index contributed by atoms with van der Waals surface area (Å²) in [6.07, 6.45) is 1.22. The minimum atomic E-state index is -0.523. The topological polar surface area (TPSA) is 46.0 Å². The van der Waals surface area contributed by atoms with Crippen LogP contribution in [0.15, 0.2) is 52.0 Å². The van der Waals surface area contributed by atoms with E-state index in [1.807, 2.05) is 30.3 Å². The van der Waals surface area contributed by atoms with Crippen molar-refractivity contribution in [3.8, 4) is 0 Å². The molecule has 0 aliphatic heterocycles. The number of hydrogen-bond acceptors (Lipinski definition) is 5. The summed E-state index contributed by atoms with van der Waals surface area (Å²) in [5.74, 6) is 0. The minimum absolute atomic E-state index is 0.523. The highest BCUT2D eigenvalue weighted by molar-refractivity contribution is 8.01. The molecule has 1 N–H and O–H groups in total. The largest absolute Gasteiger partial charge is 0.389 e. The molecule has 0 aliphatic carbocycles. The van der Waals surface area contributed by atoms with Crippen LogP contribution in [0.3, 0.4) is 0 Å². The Morgan fingerprint density at radius 3 is 2.84 bits per heavy atom. The maximum absolute atomic E-state index is 9.75. The van der Waals surface area contributed by atoms with E-state index in [-0.39, 0.29) is 0 Å². The first-order valence-corrected chi connectivity index (χ1v) is 7.54. The third-order valence-corrected chi connectivity index (χ3v) is 4.84. The van der Waals surface area contributed by atoms with Gasteiger partial charge in [0.05, 0.1) is 16.3 Å². The zero-order valence-electron chi connectivity index (χ0n) is 10.3. The molecule has 0 saturated carbocycles. The monoisotopic (exact) mass is 288 g/mol. The van der Waals surface area contributed by atoms with Gasteiger partial charge < -0.3 is 5.11 Å². The Labute approximate surface area is 119 Å². The molecule has 5 heteroatoms. The van der Waals surface area contributed by atoms with Crippen molar-refractivity contribution in [3.05, 3.63) is 48.2 Å². The number of pyridine rings is 1. The summed E-state index contributed by atoms with van der Waals surface area (Å²) < 4.78 is 2.11. The molecule has 0 amide bonds. The van der Waals surface area contributed by atoms with Gasteiger partial charge in [0.1, 0.15) is 5.03 Å². The number of fused-ring (bicyclic) bond motifs is 1. The molecule has 0 fully saturated rings. The van der Waals surface area contributed by atoms with Crippen molar-refractivity contribution in [2.45, 2.75) is 22.4 Å². The van der Waals surface area contributed by atoms with E-state index >= 15 is 0 Å². The van der Waals surface area contributed by atoms with Crippen LogP contribution in [0.4, 0.5) is 0 Å². The van der Waals surface area contributed by atoms with Crippen LogP contribution in [0.25, 0.3) is 10.2 Å². The quantitative estimate of drug-likeness (QED) is 0.794. The standard InChI is InChI=1S/C14H12N2OS2/c1-9(17)10-5-4-8-15-13(10)19-14-16-11-6-2-3-7-12(11)18-14/h2-9,17H,1H3/t9-/m1/s1. The van der Waals surface area contributed by atoms with E-state index in [1.165, 1.54) is 16.5 Å². The lowest BCUT2D eigenvalue weighted by Crippen LogP contribution is -1.95. The zero-order valence-corrected chi connectivity index (χ0v) is 11.9. The molecule has 2 heterocycles. The fourth-order valence-corrected chi connectivity index (χ4v) is 3.93. The molecule has 2 aromatic heterocycles. The maximum atomic E-state index is 9.75. The van der Waals surface area contributed by atoms with Crippen molar-refractivity contribution in [3.63, 3.8) is 0 Å². The molecule has 1 aromatic carbocycles. The Hall–Kier alpha value is -1.43. The number of hydrogen-bond donors (Lipinski definition) is 1. The van der Waals surface area contributed by atoms with Gasteiger partial charge in [-0.25, -0.2) is 9.97 Å². The number of para-hydroxylation sites is 1. The van der Waals surface area contributed by atoms with Gasteiger partial charge in [-0.2, -0.15) is 0 Å². The van der Waals surface area contributed by atoms with Crippen LogP contribution in [0.5, 0.6) is 0 Å². The van der Waals surface area contributed by atoms with Crippen molar-refractivity contribution in [2.75, 3.05) is 0 Å². The van der Waals surface area contributed by atoms with E-state index in [0.29, 0.717) is 0 Å². The van der Waals surface area contributed by atoms with Crippen LogP contribution < -0.4 is 0 Å². The minimum Gasteiger partial charge on any atom is -0.389 e. The van der Waals surface area contributed by atoms with Crippen LogP contribution in [0.2, 0.25) is 0 Å². The highest BCUT2D eigenvalue weighted by Gasteiger charge is 2.12. The van der Waals surface area contributed by atoms with Crippen LogP contribution in [-0.2, 0) is 0 Å². The first kappa shape index (κ1) is 12.6. The second-order valence-electron chi connectivity index (χ2n) is 4.12. The van der Waals surface area contributed by atoms with Gasteiger partial charge in [0, 0.05) is 11.8 Å². The molecule has 3 rings (SSSR count). The smallest absolute Gasteiger partial charge is 0.157 e. The second-order valence-corrected chi connectivity index (χ2v) is 6.39. The molecular weight excluding hydrogens is 276 g/mol. The van der Waals surface area contributed by atoms with Gasteiger partial charge in [-0.05, 0) is 36.9 Å². The number of aliphatic hydroxyl groups is 1. The normalized spacial score (nSPS) is 12.7. The van der Waals surface area contributed by atoms with Crippen molar-refractivity contribution >= 4 is 33.3 Å². The number of aromatic nitrogens is 2. The predicted molar refractivity (Wildman–Crippen MR) is 78.6 cm³/mol. The molecule has 3 nitrogen and oxygen atoms in total. The van der Waals surface area contributed by atoms with E-state index in [0.717, 1.165) is 20.4 Å². The summed E-state index contributed by atoms with van der Waals surface area (Å²) in [6, 6.07) is 11.8. The lowest BCUT2D eigenvalue weighted by molar-refractivity contribution is 0.195. The Balaban J connectivity index is 1.97. The molecular formula is C14H12N2OS2. The molecule has 3 aromatic rings. The number of rotatable bonds is 3. The SMILES string of the molecule is C[C@@H](O)c1cccnc1Sc1nc2ccccc2s1. The van der Waals surface area contributed by atoms with Gasteiger partial charge in [0.25, 0.3) is 0 Å². The average molecular weight is 288 g/mol. The summed E-state index contributed by atoms with van der Waals surface area (Å²) in [4.78, 5) is 8.90. The van der Waals surface area contributed by atoms with E-state index < -0.39 is 6.10 Å². The molecule has 0 spiro atoms. The Kier molecular flexibility index (Phi) is 3.50. The Morgan fingerprint density at radius 2 is 2.05 bits per heavy atom. The molecule has 19 heavy (non-hydrogen) atoms. The zero-order chi connectivity index (χ0) is 13.2. The number of nitrogens with zero attached hydrogens (tertiary/aromatic N) is 2. The predicted octanol–water partition coefficient (Wildman–Crippen LogP) is 3.90. The van der Waals surface area contributed by atoms with Crippen LogP contribution in [-0.4, -0.2) is 15.1 Å². The summed E-state index contributed by atoms with van der Waals surface area (Å²) in [6.45, 7) is 1.75. The van der Waals surface area contributed by atoms with E-state index in [4.69, 9.17) is 0 Å². The molecule has 0 radical (unpaired) electrons. The van der Waals surface area contributed by atoms with E-state index in [2.05, 4.69) is 16.0 Å². The summed E-state index contributed by atoms with van der Waals surface area (Å²) in [5.41, 5.74) is 1.84. The molecule has 1 atom stereocenters. The maximum Gasteiger partial charge on any atom is 0.157 e. The summed E-state index contributed by atoms with van der Waals surface area (Å²) in [7, 11) is 0. The van der Waals surface area contributed by atoms with Gasteiger partial charge >= 0.3 is 0 Å². The highest BCUT2D eigenvalue weighted by Crippen LogP contribution is 2.36. The van der Waals surface area contributed by atoms with Gasteiger partial charge in [-0.3, -0.25) is 0 Å². The fourth-order valence-electron chi connectivity index (χ4n) is 1.78. The lowest BCUT2D eigenvalue weighted by Gasteiger charge is -2.08. The number of thiazole rings is 1. The third kappa shape index (κ3) is 2.63. The van der Waals surface area contributed by atoms with Gasteiger partial charge in [0.2, 0.25) is 0 Å². The number of benzene rings is 1. The summed E-state index contributed by atoms with van der Waals surface area (Å²) >= 11 is 3.15. The molecule has 0 bridgehead atoms. The van der Waals surface area contributed by atoms with Crippen molar-refractivity contribution < 1.29 is 5.11 Å². The summed E-state index contributed by atoms with van der Waals surface area (Å²) in [5, 5.41) is 10.6. The van der Waals surface area contributed by atoms with Crippen molar-refractivity contribution in [1.82, 2.24) is 9.97 Å². The van der Waals surface area contributed by atoms with Crippen molar-refractivity contribution in [2.24, 2.45) is 0 Å². The third-order valence-electron chi connectivity index (χ3n) is 2.71. The number of aliphatic hydroxyl groups excluding tert-OH is 1. The molecule has 0 saturated heterocycles. The Morgan fingerprint density at radius 1 is 1.21 bits per heavy atom. The van der Waals surface area contributed by atoms with Crippen LogP contribution in [0.1, 0.15) is 18.6 Å². The van der Waals surface area contributed by atoms with Gasteiger partial charge in [0.15, 0.2) is 4.34 Å². The lowest BCUT2D eigenvalue weighted by atomic mass is 10.2. The fraction of sp³-hybridized carbons (Fsp3) is 0.143. The first-order chi connectivity index (χ1) is 9.24. The molecule has 0 aliphatic rings. The first-order valence-electron chi connectivity index (χ1n) is 5.90. The highest BCUT2D eigenvalue weighted by atomic mass is 32.2. The average Bonchev–Trinajstić information content (AvgIpc) is 2.81. The van der Waals surface area contributed by atoms with E-state index in [1.54, 1.807) is 24.5 Å². The van der Waals surface area contributed by atoms with Crippen LogP contribution in [0, 0.1) is 0 Å². The van der Waals surface area contributed by atoms with Crippen molar-refractivity contribution in [1.29, 1.82) is 0 Å². The second kappa shape index (κ2) is 5.28. The van der Waals surface area contributed by atoms with Gasteiger partial charge in [-0.15, -0.1) is 11.3 Å². The molecule has 96 valence electrons. The van der Waals surface area contributed by atoms with E-state index in [9.17, 15) is 5.11 Å². The Bertz CT molecular complexity index is 676. The van der Waals surface area contributed by atoms with Gasteiger partial charge in [-0.1, -0.05) is 18.2 Å².